The minimum Gasteiger partial charge on any atom is -0.411 e. The molecule has 0 N–H and O–H groups in total. The first kappa shape index (κ1) is 15.5. The average Bonchev–Trinajstić information content (AvgIpc) is 2.55. The minimum atomic E-state index is -1.85. The molecule has 0 aliphatic carbocycles. The second-order valence-corrected chi connectivity index (χ2v) is 12.3. The van der Waals surface area contributed by atoms with Crippen molar-refractivity contribution < 1.29 is 9.22 Å². The SMILES string of the molecule is C=C1CN2C(=O)C[C@@H](O[Si](C)(C)C(C)(C)C)[C@@H]2C=C1C. The van der Waals surface area contributed by atoms with Crippen LogP contribution < -0.4 is 0 Å². The second kappa shape index (κ2) is 4.85. The lowest BCUT2D eigenvalue weighted by Gasteiger charge is -2.40. The van der Waals surface area contributed by atoms with Gasteiger partial charge in [-0.3, -0.25) is 4.79 Å². The zero-order valence-electron chi connectivity index (χ0n) is 13.6. The van der Waals surface area contributed by atoms with Crippen LogP contribution in [0.5, 0.6) is 0 Å². The Labute approximate surface area is 123 Å². The zero-order valence-corrected chi connectivity index (χ0v) is 14.6. The van der Waals surface area contributed by atoms with Crippen molar-refractivity contribution in [2.45, 2.75) is 64.4 Å². The van der Waals surface area contributed by atoms with E-state index in [-0.39, 0.29) is 23.1 Å². The molecule has 1 amide bonds. The van der Waals surface area contributed by atoms with Gasteiger partial charge in [-0.2, -0.15) is 0 Å². The predicted octanol–water partition coefficient (Wildman–Crippen LogP) is 3.49. The van der Waals surface area contributed by atoms with E-state index in [9.17, 15) is 4.79 Å². The molecular weight excluding hydrogens is 266 g/mol. The molecule has 4 heteroatoms. The van der Waals surface area contributed by atoms with Gasteiger partial charge in [0, 0.05) is 6.54 Å². The van der Waals surface area contributed by atoms with Crippen molar-refractivity contribution in [3.8, 4) is 0 Å². The zero-order chi connectivity index (χ0) is 15.3. The third-order valence-corrected chi connectivity index (χ3v) is 9.53. The normalized spacial score (nSPS) is 27.7. The van der Waals surface area contributed by atoms with E-state index in [4.69, 9.17) is 4.43 Å². The van der Waals surface area contributed by atoms with E-state index >= 15 is 0 Å². The van der Waals surface area contributed by atoms with E-state index in [2.05, 4.69) is 53.4 Å². The molecule has 2 rings (SSSR count). The Morgan fingerprint density at radius 1 is 1.40 bits per heavy atom. The van der Waals surface area contributed by atoms with E-state index < -0.39 is 8.32 Å². The second-order valence-electron chi connectivity index (χ2n) is 7.59. The Hall–Kier alpha value is -0.873. The molecule has 20 heavy (non-hydrogen) atoms. The molecule has 1 saturated heterocycles. The van der Waals surface area contributed by atoms with Gasteiger partial charge in [-0.1, -0.05) is 33.4 Å². The van der Waals surface area contributed by atoms with Crippen molar-refractivity contribution in [2.75, 3.05) is 6.54 Å². The Morgan fingerprint density at radius 3 is 2.55 bits per heavy atom. The topological polar surface area (TPSA) is 29.5 Å². The predicted molar refractivity (Wildman–Crippen MR) is 85.1 cm³/mol. The van der Waals surface area contributed by atoms with Gasteiger partial charge in [0.25, 0.3) is 0 Å². The number of rotatable bonds is 2. The minimum absolute atomic E-state index is 0.00596. The van der Waals surface area contributed by atoms with Crippen molar-refractivity contribution in [1.29, 1.82) is 0 Å². The number of hydrogen-bond acceptors (Lipinski definition) is 2. The lowest BCUT2D eigenvalue weighted by Crippen LogP contribution is -2.48. The summed E-state index contributed by atoms with van der Waals surface area (Å²) in [6.45, 7) is 18.0. The van der Waals surface area contributed by atoms with Crippen LogP contribution in [0.25, 0.3) is 0 Å². The quantitative estimate of drug-likeness (QED) is 0.729. The van der Waals surface area contributed by atoms with Crippen molar-refractivity contribution in [3.05, 3.63) is 23.8 Å². The summed E-state index contributed by atoms with van der Waals surface area (Å²) >= 11 is 0. The summed E-state index contributed by atoms with van der Waals surface area (Å²) in [4.78, 5) is 14.1. The molecule has 0 aromatic rings. The molecule has 0 bridgehead atoms. The maximum Gasteiger partial charge on any atom is 0.226 e. The molecule has 112 valence electrons. The Bertz CT molecular complexity index is 473. The molecule has 0 aromatic carbocycles. The van der Waals surface area contributed by atoms with Crippen LogP contribution in [0.1, 0.15) is 34.1 Å². The van der Waals surface area contributed by atoms with E-state index in [1.165, 1.54) is 5.57 Å². The molecule has 2 aliphatic heterocycles. The summed E-state index contributed by atoms with van der Waals surface area (Å²) in [7, 11) is -1.85. The van der Waals surface area contributed by atoms with Crippen LogP contribution in [0.15, 0.2) is 23.8 Å². The molecule has 0 radical (unpaired) electrons. The van der Waals surface area contributed by atoms with E-state index in [0.29, 0.717) is 13.0 Å². The van der Waals surface area contributed by atoms with Gasteiger partial charge in [-0.15, -0.1) is 0 Å². The number of amides is 1. The van der Waals surface area contributed by atoms with Crippen LogP contribution in [0, 0.1) is 0 Å². The molecule has 2 atom stereocenters. The first-order valence-corrected chi connectivity index (χ1v) is 10.3. The van der Waals surface area contributed by atoms with Gasteiger partial charge in [0.15, 0.2) is 8.32 Å². The molecule has 0 spiro atoms. The number of carbonyl (C=O) groups excluding carboxylic acids is 1. The average molecular weight is 293 g/mol. The van der Waals surface area contributed by atoms with Gasteiger partial charge in [-0.25, -0.2) is 0 Å². The summed E-state index contributed by atoms with van der Waals surface area (Å²) in [5.74, 6) is 0.198. The fourth-order valence-corrected chi connectivity index (χ4v) is 3.87. The summed E-state index contributed by atoms with van der Waals surface area (Å²) in [5.41, 5.74) is 2.24. The van der Waals surface area contributed by atoms with Gasteiger partial charge < -0.3 is 9.33 Å². The van der Waals surface area contributed by atoms with Crippen LogP contribution in [-0.4, -0.2) is 37.8 Å². The molecule has 2 heterocycles. The molecule has 3 nitrogen and oxygen atoms in total. The molecule has 0 unspecified atom stereocenters. The van der Waals surface area contributed by atoms with Crippen LogP contribution >= 0.6 is 0 Å². The fourth-order valence-electron chi connectivity index (χ4n) is 2.54. The van der Waals surface area contributed by atoms with Gasteiger partial charge in [0.05, 0.1) is 18.6 Å². The highest BCUT2D eigenvalue weighted by molar-refractivity contribution is 6.74. The molecule has 1 fully saturated rings. The van der Waals surface area contributed by atoms with Crippen LogP contribution in [0.4, 0.5) is 0 Å². The Kier molecular flexibility index (Phi) is 3.76. The highest BCUT2D eigenvalue weighted by Crippen LogP contribution is 2.40. The van der Waals surface area contributed by atoms with Gasteiger partial charge >= 0.3 is 0 Å². The lowest BCUT2D eigenvalue weighted by atomic mass is 9.99. The van der Waals surface area contributed by atoms with Gasteiger partial charge in [0.1, 0.15) is 0 Å². The summed E-state index contributed by atoms with van der Waals surface area (Å²) in [5, 5.41) is 0.167. The van der Waals surface area contributed by atoms with Crippen molar-refractivity contribution in [1.82, 2.24) is 4.90 Å². The molecule has 0 aromatic heterocycles. The summed E-state index contributed by atoms with van der Waals surface area (Å²) in [6, 6.07) is 0.0992. The van der Waals surface area contributed by atoms with Crippen LogP contribution in [0.3, 0.4) is 0 Å². The number of hydrogen-bond donors (Lipinski definition) is 0. The smallest absolute Gasteiger partial charge is 0.226 e. The lowest BCUT2D eigenvalue weighted by molar-refractivity contribution is -0.128. The summed E-state index contributed by atoms with van der Waals surface area (Å²) < 4.78 is 6.49. The molecule has 0 saturated carbocycles. The first-order chi connectivity index (χ1) is 9.03. The van der Waals surface area contributed by atoms with Crippen molar-refractivity contribution in [2.24, 2.45) is 0 Å². The molecular formula is C16H27NO2Si. The summed E-state index contributed by atoms with van der Waals surface area (Å²) in [6.07, 6.45) is 2.68. The number of fused-ring (bicyclic) bond motifs is 1. The van der Waals surface area contributed by atoms with E-state index in [0.717, 1.165) is 5.57 Å². The Morgan fingerprint density at radius 2 is 2.00 bits per heavy atom. The van der Waals surface area contributed by atoms with Gasteiger partial charge in [0.2, 0.25) is 5.91 Å². The largest absolute Gasteiger partial charge is 0.411 e. The van der Waals surface area contributed by atoms with Crippen LogP contribution in [-0.2, 0) is 9.22 Å². The third kappa shape index (κ3) is 2.63. The number of nitrogens with zero attached hydrogens (tertiary/aromatic N) is 1. The first-order valence-electron chi connectivity index (χ1n) is 7.37. The third-order valence-electron chi connectivity index (χ3n) is 5.03. The maximum atomic E-state index is 12.2. The van der Waals surface area contributed by atoms with Gasteiger partial charge in [-0.05, 0) is 36.2 Å². The number of carbonyl (C=O) groups is 1. The standard InChI is InChI=1S/C16H27NO2Si/c1-11-8-13-14(19-20(6,7)16(3,4)5)9-15(18)17(13)10-12(11)2/h8,13-14H,2,9-10H2,1,3-7H3/t13-,14+/m0/s1. The highest BCUT2D eigenvalue weighted by Gasteiger charge is 2.46. The van der Waals surface area contributed by atoms with E-state index in [1.807, 2.05) is 4.90 Å². The Balaban J connectivity index is 2.22. The molecule has 2 aliphatic rings. The van der Waals surface area contributed by atoms with E-state index in [1.54, 1.807) is 0 Å². The maximum absolute atomic E-state index is 12.2. The monoisotopic (exact) mass is 293 g/mol. The highest BCUT2D eigenvalue weighted by atomic mass is 28.4. The van der Waals surface area contributed by atoms with Crippen molar-refractivity contribution in [3.63, 3.8) is 0 Å². The van der Waals surface area contributed by atoms with Crippen LogP contribution in [0.2, 0.25) is 18.1 Å². The fraction of sp³-hybridized carbons (Fsp3) is 0.688. The van der Waals surface area contributed by atoms with Crippen molar-refractivity contribution >= 4 is 14.2 Å².